The standard InChI is InChI=1S/C22H28N2O2/c1-16-9-11-20(12-10-16)22(19-7-5-4-6-8-19)23-13-21(25)24-14-17(2)26-18(3)15-24/h4-12,17-18,22-23H,13-15H2,1-3H3. The minimum atomic E-state index is -0.00311. The van der Waals surface area contributed by atoms with Crippen molar-refractivity contribution in [2.24, 2.45) is 0 Å². The van der Waals surface area contributed by atoms with Crippen molar-refractivity contribution in [1.82, 2.24) is 10.2 Å². The first-order chi connectivity index (χ1) is 12.5. The maximum absolute atomic E-state index is 12.7. The molecule has 0 bridgehead atoms. The van der Waals surface area contributed by atoms with Gasteiger partial charge in [0.1, 0.15) is 0 Å². The molecule has 1 saturated heterocycles. The van der Waals surface area contributed by atoms with Crippen LogP contribution in [-0.4, -0.2) is 42.6 Å². The second kappa shape index (κ2) is 8.47. The molecule has 1 aliphatic heterocycles. The highest BCUT2D eigenvalue weighted by Crippen LogP contribution is 2.22. The number of morpholine rings is 1. The summed E-state index contributed by atoms with van der Waals surface area (Å²) in [6.45, 7) is 7.74. The van der Waals surface area contributed by atoms with Crippen molar-refractivity contribution in [1.29, 1.82) is 0 Å². The van der Waals surface area contributed by atoms with Gasteiger partial charge in [-0.2, -0.15) is 0 Å². The molecule has 3 atom stereocenters. The lowest BCUT2D eigenvalue weighted by atomic mass is 9.98. The Kier molecular flexibility index (Phi) is 6.07. The van der Waals surface area contributed by atoms with Gasteiger partial charge in [0.2, 0.25) is 5.91 Å². The second-order valence-corrected chi connectivity index (χ2v) is 7.19. The molecule has 1 amide bonds. The van der Waals surface area contributed by atoms with Gasteiger partial charge in [0.05, 0.1) is 24.8 Å². The van der Waals surface area contributed by atoms with Crippen LogP contribution < -0.4 is 5.32 Å². The van der Waals surface area contributed by atoms with Crippen LogP contribution in [0.15, 0.2) is 54.6 Å². The van der Waals surface area contributed by atoms with Crippen LogP contribution in [0.3, 0.4) is 0 Å². The number of benzene rings is 2. The highest BCUT2D eigenvalue weighted by atomic mass is 16.5. The maximum Gasteiger partial charge on any atom is 0.236 e. The average molecular weight is 352 g/mol. The first-order valence-electron chi connectivity index (χ1n) is 9.31. The summed E-state index contributed by atoms with van der Waals surface area (Å²) < 4.78 is 5.73. The molecule has 1 aliphatic rings. The molecule has 4 heteroatoms. The van der Waals surface area contributed by atoms with E-state index in [0.29, 0.717) is 19.6 Å². The van der Waals surface area contributed by atoms with Gasteiger partial charge in [-0.1, -0.05) is 60.2 Å². The summed E-state index contributed by atoms with van der Waals surface area (Å²) in [6.07, 6.45) is 0.175. The Bertz CT molecular complexity index is 705. The Morgan fingerprint density at radius 3 is 2.23 bits per heavy atom. The fourth-order valence-corrected chi connectivity index (χ4v) is 3.52. The Balaban J connectivity index is 1.72. The van der Waals surface area contributed by atoms with Crippen LogP contribution in [-0.2, 0) is 9.53 Å². The molecule has 2 aromatic carbocycles. The highest BCUT2D eigenvalue weighted by molar-refractivity contribution is 5.78. The number of nitrogens with zero attached hydrogens (tertiary/aromatic N) is 1. The molecular weight excluding hydrogens is 324 g/mol. The topological polar surface area (TPSA) is 41.6 Å². The van der Waals surface area contributed by atoms with Gasteiger partial charge < -0.3 is 9.64 Å². The second-order valence-electron chi connectivity index (χ2n) is 7.19. The van der Waals surface area contributed by atoms with E-state index in [2.05, 4.69) is 48.6 Å². The normalized spacial score (nSPS) is 21.4. The molecule has 0 aromatic heterocycles. The summed E-state index contributed by atoms with van der Waals surface area (Å²) in [5.41, 5.74) is 3.55. The van der Waals surface area contributed by atoms with E-state index in [0.717, 1.165) is 5.56 Å². The number of carbonyl (C=O) groups is 1. The number of rotatable bonds is 5. The third-order valence-electron chi connectivity index (χ3n) is 4.77. The summed E-state index contributed by atoms with van der Waals surface area (Å²) in [5, 5.41) is 3.47. The molecular formula is C22H28N2O2. The summed E-state index contributed by atoms with van der Waals surface area (Å²) in [6, 6.07) is 18.7. The fourth-order valence-electron chi connectivity index (χ4n) is 3.52. The lowest BCUT2D eigenvalue weighted by Gasteiger charge is -2.35. The van der Waals surface area contributed by atoms with Gasteiger partial charge in [0, 0.05) is 13.1 Å². The number of carbonyl (C=O) groups excluding carboxylic acids is 1. The lowest BCUT2D eigenvalue weighted by molar-refractivity contribution is -0.142. The van der Waals surface area contributed by atoms with Crippen molar-refractivity contribution < 1.29 is 9.53 Å². The van der Waals surface area contributed by atoms with E-state index in [-0.39, 0.29) is 24.2 Å². The van der Waals surface area contributed by atoms with E-state index in [4.69, 9.17) is 4.74 Å². The van der Waals surface area contributed by atoms with Gasteiger partial charge in [-0.05, 0) is 31.9 Å². The first-order valence-corrected chi connectivity index (χ1v) is 9.31. The van der Waals surface area contributed by atoms with Crippen LogP contribution in [0.4, 0.5) is 0 Å². The third kappa shape index (κ3) is 4.71. The van der Waals surface area contributed by atoms with E-state index in [9.17, 15) is 4.79 Å². The molecule has 0 spiro atoms. The van der Waals surface area contributed by atoms with Crippen molar-refractivity contribution >= 4 is 5.91 Å². The van der Waals surface area contributed by atoms with Crippen LogP contribution >= 0.6 is 0 Å². The molecule has 1 heterocycles. The number of amides is 1. The SMILES string of the molecule is Cc1ccc(C(NCC(=O)N2CC(C)OC(C)C2)c2ccccc2)cc1. The molecule has 138 valence electrons. The zero-order valence-electron chi connectivity index (χ0n) is 15.8. The van der Waals surface area contributed by atoms with Crippen molar-refractivity contribution in [3.8, 4) is 0 Å². The average Bonchev–Trinajstić information content (AvgIpc) is 2.63. The van der Waals surface area contributed by atoms with Gasteiger partial charge in [0.25, 0.3) is 0 Å². The molecule has 2 aromatic rings. The van der Waals surface area contributed by atoms with Gasteiger partial charge >= 0.3 is 0 Å². The number of hydrogen-bond acceptors (Lipinski definition) is 3. The van der Waals surface area contributed by atoms with Crippen LogP contribution in [0.1, 0.15) is 36.6 Å². The van der Waals surface area contributed by atoms with Gasteiger partial charge in [-0.3, -0.25) is 10.1 Å². The number of aryl methyl sites for hydroxylation is 1. The van der Waals surface area contributed by atoms with Crippen molar-refractivity contribution in [2.75, 3.05) is 19.6 Å². The molecule has 0 saturated carbocycles. The van der Waals surface area contributed by atoms with E-state index in [1.165, 1.54) is 11.1 Å². The fraction of sp³-hybridized carbons (Fsp3) is 0.409. The highest BCUT2D eigenvalue weighted by Gasteiger charge is 2.26. The molecule has 26 heavy (non-hydrogen) atoms. The van der Waals surface area contributed by atoms with Gasteiger partial charge in [0.15, 0.2) is 0 Å². The molecule has 1 N–H and O–H groups in total. The first kappa shape index (κ1) is 18.6. The molecule has 4 nitrogen and oxygen atoms in total. The van der Waals surface area contributed by atoms with Gasteiger partial charge in [-0.25, -0.2) is 0 Å². The molecule has 3 unspecified atom stereocenters. The molecule has 1 fully saturated rings. The summed E-state index contributed by atoms with van der Waals surface area (Å²) in [5.74, 6) is 0.125. The summed E-state index contributed by atoms with van der Waals surface area (Å²) >= 11 is 0. The van der Waals surface area contributed by atoms with Crippen LogP contribution in [0, 0.1) is 6.92 Å². The lowest BCUT2D eigenvalue weighted by Crippen LogP contribution is -2.50. The van der Waals surface area contributed by atoms with Crippen LogP contribution in [0.2, 0.25) is 0 Å². The minimum Gasteiger partial charge on any atom is -0.372 e. The Morgan fingerprint density at radius 1 is 1.04 bits per heavy atom. The quantitative estimate of drug-likeness (QED) is 0.898. The largest absolute Gasteiger partial charge is 0.372 e. The van der Waals surface area contributed by atoms with Crippen molar-refractivity contribution in [2.45, 2.75) is 39.0 Å². The van der Waals surface area contributed by atoms with E-state index < -0.39 is 0 Å². The number of hydrogen-bond donors (Lipinski definition) is 1. The third-order valence-corrected chi connectivity index (χ3v) is 4.77. The summed E-state index contributed by atoms with van der Waals surface area (Å²) in [4.78, 5) is 14.6. The smallest absolute Gasteiger partial charge is 0.236 e. The molecule has 3 rings (SSSR count). The monoisotopic (exact) mass is 352 g/mol. The Labute approximate surface area is 156 Å². The van der Waals surface area contributed by atoms with Crippen LogP contribution in [0.5, 0.6) is 0 Å². The zero-order valence-corrected chi connectivity index (χ0v) is 15.8. The number of nitrogens with one attached hydrogen (secondary N) is 1. The van der Waals surface area contributed by atoms with Crippen LogP contribution in [0.25, 0.3) is 0 Å². The van der Waals surface area contributed by atoms with E-state index >= 15 is 0 Å². The van der Waals surface area contributed by atoms with Gasteiger partial charge in [-0.15, -0.1) is 0 Å². The van der Waals surface area contributed by atoms with E-state index in [1.807, 2.05) is 36.9 Å². The maximum atomic E-state index is 12.7. The Morgan fingerprint density at radius 2 is 1.62 bits per heavy atom. The Hall–Kier alpha value is -2.17. The minimum absolute atomic E-state index is 0.00311. The molecule has 0 radical (unpaired) electrons. The predicted octanol–water partition coefficient (Wildman–Crippen LogP) is 3.31. The summed E-state index contributed by atoms with van der Waals surface area (Å²) in [7, 11) is 0. The number of ether oxygens (including phenoxy) is 1. The predicted molar refractivity (Wildman–Crippen MR) is 104 cm³/mol. The molecule has 0 aliphatic carbocycles. The van der Waals surface area contributed by atoms with Crippen molar-refractivity contribution in [3.63, 3.8) is 0 Å². The zero-order chi connectivity index (χ0) is 18.5. The van der Waals surface area contributed by atoms with Crippen molar-refractivity contribution in [3.05, 3.63) is 71.3 Å². The van der Waals surface area contributed by atoms with E-state index in [1.54, 1.807) is 0 Å².